The molecule has 14 heavy (non-hydrogen) atoms. The van der Waals surface area contributed by atoms with Gasteiger partial charge in [0.05, 0.1) is 6.61 Å². The quantitative estimate of drug-likeness (QED) is 0.403. The van der Waals surface area contributed by atoms with Gasteiger partial charge in [0.2, 0.25) is 0 Å². The van der Waals surface area contributed by atoms with E-state index in [9.17, 15) is 0 Å². The zero-order valence-electron chi connectivity index (χ0n) is 9.64. The fourth-order valence-electron chi connectivity index (χ4n) is 1.03. The fraction of sp³-hybridized carbons (Fsp3) is 1.00. The lowest BCUT2D eigenvalue weighted by molar-refractivity contribution is 0.126. The summed E-state index contributed by atoms with van der Waals surface area (Å²) in [4.78, 5) is 0. The molecule has 0 amide bonds. The first-order valence-corrected chi connectivity index (χ1v) is 5.32. The highest BCUT2D eigenvalue weighted by atomic mass is 16.5. The van der Waals surface area contributed by atoms with Crippen molar-refractivity contribution in [2.24, 2.45) is 0 Å². The SMILES string of the molecule is CCOCC(C)NCNCCCOC. The van der Waals surface area contributed by atoms with E-state index in [-0.39, 0.29) is 0 Å². The van der Waals surface area contributed by atoms with E-state index in [2.05, 4.69) is 17.6 Å². The van der Waals surface area contributed by atoms with E-state index in [1.165, 1.54) is 0 Å². The van der Waals surface area contributed by atoms with Crippen molar-refractivity contribution >= 4 is 0 Å². The van der Waals surface area contributed by atoms with Crippen molar-refractivity contribution in [3.63, 3.8) is 0 Å². The Bertz CT molecular complexity index is 112. The third kappa shape index (κ3) is 9.92. The fourth-order valence-corrected chi connectivity index (χ4v) is 1.03. The standard InChI is InChI=1S/C10H24N2O2/c1-4-14-8-10(2)12-9-11-6-5-7-13-3/h10-12H,4-9H2,1-3H3. The van der Waals surface area contributed by atoms with Gasteiger partial charge in [-0.05, 0) is 26.8 Å². The second-order valence-corrected chi connectivity index (χ2v) is 3.29. The Labute approximate surface area is 87.4 Å². The van der Waals surface area contributed by atoms with Gasteiger partial charge in [-0.15, -0.1) is 0 Å². The van der Waals surface area contributed by atoms with E-state index < -0.39 is 0 Å². The Hall–Kier alpha value is -0.160. The maximum atomic E-state index is 5.28. The molecule has 86 valence electrons. The van der Waals surface area contributed by atoms with Gasteiger partial charge in [-0.1, -0.05) is 0 Å². The van der Waals surface area contributed by atoms with Crippen LogP contribution in [0.15, 0.2) is 0 Å². The molecular formula is C10H24N2O2. The molecule has 0 saturated carbocycles. The monoisotopic (exact) mass is 204 g/mol. The molecule has 0 heterocycles. The molecule has 4 heteroatoms. The molecule has 4 nitrogen and oxygen atoms in total. The van der Waals surface area contributed by atoms with E-state index in [0.717, 1.165) is 39.5 Å². The first-order valence-electron chi connectivity index (χ1n) is 5.32. The second-order valence-electron chi connectivity index (χ2n) is 3.29. The Balaban J connectivity index is 3.02. The van der Waals surface area contributed by atoms with Crippen LogP contribution in [0, 0.1) is 0 Å². The maximum Gasteiger partial charge on any atom is 0.0617 e. The molecule has 0 radical (unpaired) electrons. The topological polar surface area (TPSA) is 42.5 Å². The number of ether oxygens (including phenoxy) is 2. The van der Waals surface area contributed by atoms with Gasteiger partial charge >= 0.3 is 0 Å². The third-order valence-corrected chi connectivity index (χ3v) is 1.85. The van der Waals surface area contributed by atoms with Crippen molar-refractivity contribution in [2.75, 3.05) is 40.1 Å². The number of hydrogen-bond donors (Lipinski definition) is 2. The molecule has 0 spiro atoms. The summed E-state index contributed by atoms with van der Waals surface area (Å²) in [5.41, 5.74) is 0. The summed E-state index contributed by atoms with van der Waals surface area (Å²) in [6.07, 6.45) is 1.05. The minimum absolute atomic E-state index is 0.407. The largest absolute Gasteiger partial charge is 0.385 e. The van der Waals surface area contributed by atoms with Gasteiger partial charge in [-0.25, -0.2) is 0 Å². The number of rotatable bonds is 10. The summed E-state index contributed by atoms with van der Waals surface area (Å²) in [7, 11) is 1.72. The maximum absolute atomic E-state index is 5.28. The summed E-state index contributed by atoms with van der Waals surface area (Å²) in [5.74, 6) is 0. The molecule has 0 aromatic carbocycles. The number of hydrogen-bond acceptors (Lipinski definition) is 4. The molecule has 0 rings (SSSR count). The molecule has 0 fully saturated rings. The molecule has 0 aliphatic heterocycles. The van der Waals surface area contributed by atoms with Crippen LogP contribution in [0.1, 0.15) is 20.3 Å². The average molecular weight is 204 g/mol. The van der Waals surface area contributed by atoms with Crippen molar-refractivity contribution in [1.82, 2.24) is 10.6 Å². The van der Waals surface area contributed by atoms with Gasteiger partial charge in [-0.2, -0.15) is 0 Å². The van der Waals surface area contributed by atoms with Crippen LogP contribution in [0.25, 0.3) is 0 Å². The van der Waals surface area contributed by atoms with E-state index in [1.54, 1.807) is 7.11 Å². The molecule has 0 aliphatic rings. The summed E-state index contributed by atoms with van der Waals surface area (Å²) in [6.45, 7) is 8.33. The van der Waals surface area contributed by atoms with Crippen LogP contribution < -0.4 is 10.6 Å². The van der Waals surface area contributed by atoms with E-state index in [1.807, 2.05) is 6.92 Å². The molecule has 0 aliphatic carbocycles. The van der Waals surface area contributed by atoms with Crippen molar-refractivity contribution in [2.45, 2.75) is 26.3 Å². The highest BCUT2D eigenvalue weighted by Crippen LogP contribution is 1.82. The lowest BCUT2D eigenvalue weighted by atomic mass is 10.4. The van der Waals surface area contributed by atoms with Crippen LogP contribution in [0.3, 0.4) is 0 Å². The Morgan fingerprint density at radius 1 is 1.36 bits per heavy atom. The third-order valence-electron chi connectivity index (χ3n) is 1.85. The van der Waals surface area contributed by atoms with E-state index in [4.69, 9.17) is 9.47 Å². The summed E-state index contributed by atoms with van der Waals surface area (Å²) >= 11 is 0. The van der Waals surface area contributed by atoms with Crippen molar-refractivity contribution in [3.8, 4) is 0 Å². The van der Waals surface area contributed by atoms with E-state index in [0.29, 0.717) is 6.04 Å². The minimum atomic E-state index is 0.407. The number of methoxy groups -OCH3 is 1. The minimum Gasteiger partial charge on any atom is -0.385 e. The van der Waals surface area contributed by atoms with Crippen molar-refractivity contribution < 1.29 is 9.47 Å². The summed E-state index contributed by atoms with van der Waals surface area (Å²) < 4.78 is 10.2. The van der Waals surface area contributed by atoms with Crippen LogP contribution in [0.2, 0.25) is 0 Å². The molecule has 0 bridgehead atoms. The zero-order valence-corrected chi connectivity index (χ0v) is 9.64. The highest BCUT2D eigenvalue weighted by molar-refractivity contribution is 4.57. The van der Waals surface area contributed by atoms with Gasteiger partial charge in [0.1, 0.15) is 0 Å². The summed E-state index contributed by atoms with van der Waals surface area (Å²) in [5, 5.41) is 6.60. The zero-order chi connectivity index (χ0) is 10.6. The number of nitrogens with one attached hydrogen (secondary N) is 2. The smallest absolute Gasteiger partial charge is 0.0617 e. The molecule has 0 saturated heterocycles. The van der Waals surface area contributed by atoms with Crippen LogP contribution in [0.5, 0.6) is 0 Å². The molecule has 0 aromatic rings. The van der Waals surface area contributed by atoms with Crippen molar-refractivity contribution in [1.29, 1.82) is 0 Å². The first kappa shape index (κ1) is 13.8. The predicted molar refractivity (Wildman–Crippen MR) is 58.5 cm³/mol. The van der Waals surface area contributed by atoms with Gasteiger partial charge in [0, 0.05) is 33.0 Å². The van der Waals surface area contributed by atoms with Crippen LogP contribution in [-0.4, -0.2) is 46.2 Å². The molecule has 1 atom stereocenters. The van der Waals surface area contributed by atoms with Crippen LogP contribution in [0.4, 0.5) is 0 Å². The average Bonchev–Trinajstić information content (AvgIpc) is 2.20. The van der Waals surface area contributed by atoms with Gasteiger partial charge in [0.15, 0.2) is 0 Å². The summed E-state index contributed by atoms with van der Waals surface area (Å²) in [6, 6.07) is 0.407. The lowest BCUT2D eigenvalue weighted by Gasteiger charge is -2.13. The molecule has 2 N–H and O–H groups in total. The predicted octanol–water partition coefficient (Wildman–Crippen LogP) is 0.585. The van der Waals surface area contributed by atoms with Gasteiger partial charge < -0.3 is 14.8 Å². The molecule has 0 aromatic heterocycles. The van der Waals surface area contributed by atoms with E-state index >= 15 is 0 Å². The Morgan fingerprint density at radius 2 is 2.14 bits per heavy atom. The lowest BCUT2D eigenvalue weighted by Crippen LogP contribution is -2.38. The van der Waals surface area contributed by atoms with Crippen molar-refractivity contribution in [3.05, 3.63) is 0 Å². The normalized spacial score (nSPS) is 13.1. The Kier molecular flexibility index (Phi) is 10.8. The van der Waals surface area contributed by atoms with Crippen LogP contribution in [-0.2, 0) is 9.47 Å². The van der Waals surface area contributed by atoms with Gasteiger partial charge in [0.25, 0.3) is 0 Å². The molecular weight excluding hydrogens is 180 g/mol. The Morgan fingerprint density at radius 3 is 2.79 bits per heavy atom. The first-order chi connectivity index (χ1) is 6.81. The second kappa shape index (κ2) is 10.9. The highest BCUT2D eigenvalue weighted by Gasteiger charge is 1.98. The molecule has 1 unspecified atom stereocenters. The van der Waals surface area contributed by atoms with Gasteiger partial charge in [-0.3, -0.25) is 5.32 Å². The van der Waals surface area contributed by atoms with Crippen LogP contribution >= 0.6 is 0 Å².